The van der Waals surface area contributed by atoms with Gasteiger partial charge in [-0.25, -0.2) is 4.79 Å². The van der Waals surface area contributed by atoms with Gasteiger partial charge < -0.3 is 19.3 Å². The summed E-state index contributed by atoms with van der Waals surface area (Å²) in [6, 6.07) is 6.62. The number of esters is 1. The molecule has 0 unspecified atom stereocenters. The van der Waals surface area contributed by atoms with Crippen molar-refractivity contribution in [1.82, 2.24) is 10.5 Å². The lowest BCUT2D eigenvalue weighted by atomic mass is 10.0. The summed E-state index contributed by atoms with van der Waals surface area (Å²) in [6.07, 6.45) is 0.775. The molecular formula is C20H26N2O5. The van der Waals surface area contributed by atoms with Gasteiger partial charge in [0.15, 0.2) is 6.61 Å². The lowest BCUT2D eigenvalue weighted by Crippen LogP contribution is -2.44. The Morgan fingerprint density at radius 2 is 2.00 bits per heavy atom. The van der Waals surface area contributed by atoms with E-state index in [4.69, 9.17) is 14.0 Å². The molecule has 1 heterocycles. The van der Waals surface area contributed by atoms with Gasteiger partial charge in [-0.15, -0.1) is 0 Å². The average molecular weight is 374 g/mol. The van der Waals surface area contributed by atoms with Crippen LogP contribution in [0.25, 0.3) is 0 Å². The number of carbonyl (C=O) groups excluding carboxylic acids is 2. The van der Waals surface area contributed by atoms with Crippen LogP contribution in [-0.4, -0.2) is 29.2 Å². The molecule has 0 aliphatic rings. The number of aromatic nitrogens is 1. The summed E-state index contributed by atoms with van der Waals surface area (Å²) in [5, 5.41) is 6.69. The number of nitrogens with one attached hydrogen (secondary N) is 1. The first kappa shape index (κ1) is 20.5. The van der Waals surface area contributed by atoms with Crippen LogP contribution in [0.1, 0.15) is 54.6 Å². The summed E-state index contributed by atoms with van der Waals surface area (Å²) in [4.78, 5) is 24.1. The Hall–Kier alpha value is -2.83. The number of amides is 1. The smallest absolute Gasteiger partial charge is 0.338 e. The third-order valence-corrected chi connectivity index (χ3v) is 4.33. The molecule has 1 amide bonds. The minimum atomic E-state index is -0.581. The molecule has 0 aliphatic heterocycles. The van der Waals surface area contributed by atoms with Crippen molar-refractivity contribution in [2.75, 3.05) is 6.61 Å². The van der Waals surface area contributed by atoms with E-state index >= 15 is 0 Å². The molecule has 2 rings (SSSR count). The van der Waals surface area contributed by atoms with Crippen LogP contribution in [0.5, 0.6) is 5.75 Å². The molecule has 27 heavy (non-hydrogen) atoms. The summed E-state index contributed by atoms with van der Waals surface area (Å²) in [6.45, 7) is 9.41. The van der Waals surface area contributed by atoms with Crippen molar-refractivity contribution < 1.29 is 23.6 Å². The van der Waals surface area contributed by atoms with E-state index in [9.17, 15) is 9.59 Å². The molecule has 146 valence electrons. The number of hydrogen-bond acceptors (Lipinski definition) is 6. The Balaban J connectivity index is 1.92. The molecule has 7 heteroatoms. The van der Waals surface area contributed by atoms with Crippen molar-refractivity contribution in [2.24, 2.45) is 0 Å². The Kier molecular flexibility index (Phi) is 6.60. The Bertz CT molecular complexity index is 791. The number of rotatable bonds is 8. The lowest BCUT2D eigenvalue weighted by molar-refractivity contribution is -0.125. The zero-order valence-corrected chi connectivity index (χ0v) is 16.4. The fraction of sp³-hybridized carbons (Fsp3) is 0.450. The molecule has 0 fully saturated rings. The van der Waals surface area contributed by atoms with E-state index in [1.54, 1.807) is 24.3 Å². The zero-order valence-electron chi connectivity index (χ0n) is 16.4. The summed E-state index contributed by atoms with van der Waals surface area (Å²) in [5.74, 6) is 0.299. The van der Waals surface area contributed by atoms with Gasteiger partial charge in [-0.05, 0) is 52.3 Å². The van der Waals surface area contributed by atoms with Gasteiger partial charge in [0.25, 0.3) is 5.91 Å². The summed E-state index contributed by atoms with van der Waals surface area (Å²) < 4.78 is 15.9. The topological polar surface area (TPSA) is 90.7 Å². The van der Waals surface area contributed by atoms with Crippen LogP contribution in [0, 0.1) is 13.8 Å². The van der Waals surface area contributed by atoms with Gasteiger partial charge in [0.2, 0.25) is 0 Å². The first-order chi connectivity index (χ1) is 12.7. The molecule has 0 saturated carbocycles. The monoisotopic (exact) mass is 374 g/mol. The fourth-order valence-electron chi connectivity index (χ4n) is 2.29. The number of aryl methyl sites for hydroxylation is 2. The highest BCUT2D eigenvalue weighted by atomic mass is 16.5. The molecule has 0 spiro atoms. The van der Waals surface area contributed by atoms with Crippen LogP contribution in [0.4, 0.5) is 0 Å². The number of ether oxygens (including phenoxy) is 2. The van der Waals surface area contributed by atoms with Gasteiger partial charge >= 0.3 is 5.97 Å². The highest BCUT2D eigenvalue weighted by Gasteiger charge is 2.19. The Morgan fingerprint density at radius 3 is 2.63 bits per heavy atom. The quantitative estimate of drug-likeness (QED) is 0.713. The molecule has 0 saturated heterocycles. The van der Waals surface area contributed by atoms with Crippen molar-refractivity contribution in [1.29, 1.82) is 0 Å². The van der Waals surface area contributed by atoms with Crippen molar-refractivity contribution in [2.45, 2.75) is 53.2 Å². The minimum Gasteiger partial charge on any atom is -0.489 e. The molecule has 1 N–H and O–H groups in total. The Morgan fingerprint density at radius 1 is 1.26 bits per heavy atom. The predicted octanol–water partition coefficient (Wildman–Crippen LogP) is 3.33. The van der Waals surface area contributed by atoms with Gasteiger partial charge in [-0.3, -0.25) is 4.79 Å². The van der Waals surface area contributed by atoms with E-state index < -0.39 is 5.97 Å². The van der Waals surface area contributed by atoms with Gasteiger partial charge in [0.05, 0.1) is 16.8 Å². The lowest BCUT2D eigenvalue weighted by Gasteiger charge is -2.24. The molecular weight excluding hydrogens is 348 g/mol. The Labute approximate surface area is 159 Å². The van der Waals surface area contributed by atoms with E-state index in [-0.39, 0.29) is 24.7 Å². The van der Waals surface area contributed by atoms with E-state index in [0.717, 1.165) is 17.7 Å². The largest absolute Gasteiger partial charge is 0.489 e. The summed E-state index contributed by atoms with van der Waals surface area (Å²) >= 11 is 0. The molecule has 7 nitrogen and oxygen atoms in total. The highest BCUT2D eigenvalue weighted by molar-refractivity contribution is 5.91. The van der Waals surface area contributed by atoms with Crippen LogP contribution < -0.4 is 10.1 Å². The zero-order chi connectivity index (χ0) is 20.0. The number of nitrogens with zero attached hydrogens (tertiary/aromatic N) is 1. The minimum absolute atomic E-state index is 0.286. The molecule has 0 aliphatic carbocycles. The maximum absolute atomic E-state index is 12.2. The third-order valence-electron chi connectivity index (χ3n) is 4.33. The van der Waals surface area contributed by atoms with E-state index in [0.29, 0.717) is 17.1 Å². The van der Waals surface area contributed by atoms with Gasteiger partial charge in [-0.1, -0.05) is 18.1 Å². The number of carbonyl (C=O) groups is 2. The molecule has 0 bridgehead atoms. The number of hydrogen-bond donors (Lipinski definition) is 1. The van der Waals surface area contributed by atoms with Crippen molar-refractivity contribution in [3.63, 3.8) is 0 Å². The fourth-order valence-corrected chi connectivity index (χ4v) is 2.29. The van der Waals surface area contributed by atoms with E-state index in [1.165, 1.54) is 0 Å². The maximum Gasteiger partial charge on any atom is 0.338 e. The van der Waals surface area contributed by atoms with Crippen LogP contribution in [-0.2, 0) is 16.1 Å². The SMILES string of the molecule is CCC(C)(C)NC(=O)COC(=O)c1cccc(OCc2c(C)noc2C)c1. The highest BCUT2D eigenvalue weighted by Crippen LogP contribution is 2.19. The van der Waals surface area contributed by atoms with Crippen LogP contribution >= 0.6 is 0 Å². The van der Waals surface area contributed by atoms with Crippen LogP contribution in [0.15, 0.2) is 28.8 Å². The van der Waals surface area contributed by atoms with Crippen LogP contribution in [0.3, 0.4) is 0 Å². The van der Waals surface area contributed by atoms with Gasteiger partial charge in [-0.2, -0.15) is 0 Å². The molecule has 0 atom stereocenters. The van der Waals surface area contributed by atoms with E-state index in [2.05, 4.69) is 10.5 Å². The van der Waals surface area contributed by atoms with Crippen molar-refractivity contribution in [3.05, 3.63) is 46.8 Å². The van der Waals surface area contributed by atoms with Crippen molar-refractivity contribution >= 4 is 11.9 Å². The first-order valence-electron chi connectivity index (χ1n) is 8.84. The summed E-state index contributed by atoms with van der Waals surface area (Å²) in [7, 11) is 0. The number of benzene rings is 1. The maximum atomic E-state index is 12.2. The molecule has 1 aromatic carbocycles. The van der Waals surface area contributed by atoms with Gasteiger partial charge in [0.1, 0.15) is 18.1 Å². The van der Waals surface area contributed by atoms with E-state index in [1.807, 2.05) is 34.6 Å². The standard InChI is InChI=1S/C20H26N2O5/c1-6-20(4,5)21-18(23)12-26-19(24)15-8-7-9-16(10-15)25-11-17-13(2)22-27-14(17)3/h7-10H,6,11-12H2,1-5H3,(H,21,23). The second-order valence-electron chi connectivity index (χ2n) is 6.98. The van der Waals surface area contributed by atoms with Crippen LogP contribution in [0.2, 0.25) is 0 Å². The molecule has 0 radical (unpaired) electrons. The second kappa shape index (κ2) is 8.70. The second-order valence-corrected chi connectivity index (χ2v) is 6.98. The molecule has 2 aromatic rings. The predicted molar refractivity (Wildman–Crippen MR) is 99.5 cm³/mol. The van der Waals surface area contributed by atoms with Crippen molar-refractivity contribution in [3.8, 4) is 5.75 Å². The first-order valence-corrected chi connectivity index (χ1v) is 8.84. The summed E-state index contributed by atoms with van der Waals surface area (Å²) in [5.41, 5.74) is 1.62. The normalized spacial score (nSPS) is 11.1. The third kappa shape index (κ3) is 5.84. The average Bonchev–Trinajstić information content (AvgIpc) is 2.95. The molecule has 1 aromatic heterocycles. The van der Waals surface area contributed by atoms with Gasteiger partial charge in [0, 0.05) is 5.54 Å².